The first kappa shape index (κ1) is 17.4. The number of hydrogen-bond acceptors (Lipinski definition) is 2. The van der Waals surface area contributed by atoms with Gasteiger partial charge in [-0.05, 0) is 54.3 Å². The van der Waals surface area contributed by atoms with Gasteiger partial charge in [0.1, 0.15) is 0 Å². The predicted octanol–water partition coefficient (Wildman–Crippen LogP) is 5.61. The molecule has 1 aromatic heterocycles. The third-order valence-electron chi connectivity index (χ3n) is 4.83. The Hall–Kier alpha value is -2.42. The van der Waals surface area contributed by atoms with Crippen LogP contribution in [0.15, 0.2) is 42.5 Å². The maximum absolute atomic E-state index is 6.30. The Kier molecular flexibility index (Phi) is 5.32. The van der Waals surface area contributed by atoms with Crippen LogP contribution in [0.25, 0.3) is 22.2 Å². The summed E-state index contributed by atoms with van der Waals surface area (Å²) in [7, 11) is 4.11. The quantitative estimate of drug-likeness (QED) is 0.435. The van der Waals surface area contributed by atoms with Crippen molar-refractivity contribution in [3.05, 3.63) is 48.0 Å². The molecule has 0 saturated heterocycles. The molecule has 0 radical (unpaired) electrons. The van der Waals surface area contributed by atoms with Gasteiger partial charge >= 0.3 is 0 Å². The van der Waals surface area contributed by atoms with Crippen LogP contribution in [0.2, 0.25) is 0 Å². The first-order chi connectivity index (χ1) is 12.1. The van der Waals surface area contributed by atoms with Crippen molar-refractivity contribution in [1.29, 1.82) is 0 Å². The lowest BCUT2D eigenvalue weighted by atomic mass is 10.0. The second-order valence-electron chi connectivity index (χ2n) is 7.08. The molecule has 132 valence electrons. The molecule has 0 atom stereocenters. The molecule has 0 bridgehead atoms. The van der Waals surface area contributed by atoms with Gasteiger partial charge in [0.25, 0.3) is 0 Å². The van der Waals surface area contributed by atoms with Gasteiger partial charge in [-0.2, -0.15) is 0 Å². The number of aromatic nitrogens is 1. The van der Waals surface area contributed by atoms with E-state index >= 15 is 0 Å². The average molecular weight is 335 g/mol. The summed E-state index contributed by atoms with van der Waals surface area (Å²) in [4.78, 5) is 5.60. The Morgan fingerprint density at radius 2 is 1.72 bits per heavy atom. The molecule has 25 heavy (non-hydrogen) atoms. The summed E-state index contributed by atoms with van der Waals surface area (Å²) in [6.07, 6.45) is 6.23. The number of rotatable bonds is 7. The molecule has 0 saturated carbocycles. The molecule has 0 unspecified atom stereocenters. The van der Waals surface area contributed by atoms with Gasteiger partial charge in [-0.1, -0.05) is 38.3 Å². The van der Waals surface area contributed by atoms with Gasteiger partial charge in [0.05, 0.1) is 11.2 Å². The van der Waals surface area contributed by atoms with Crippen LogP contribution in [0.5, 0.6) is 0 Å². The lowest BCUT2D eigenvalue weighted by Gasteiger charge is -2.12. The van der Waals surface area contributed by atoms with Crippen LogP contribution >= 0.6 is 0 Å². The third kappa shape index (κ3) is 3.98. The largest absolute Gasteiger partial charge is 0.397 e. The molecule has 3 rings (SSSR count). The first-order valence-electron chi connectivity index (χ1n) is 9.27. The van der Waals surface area contributed by atoms with Crippen molar-refractivity contribution >= 4 is 22.3 Å². The van der Waals surface area contributed by atoms with Crippen LogP contribution in [0.4, 0.5) is 11.4 Å². The number of unbranched alkanes of at least 4 members (excludes halogenated alkanes) is 3. The zero-order chi connectivity index (χ0) is 17.8. The summed E-state index contributed by atoms with van der Waals surface area (Å²) < 4.78 is 0. The SMILES string of the molecule is CCCCCCc1cc(N)c2[nH]c(-c3ccc(N(C)C)cc3)cc2c1. The maximum Gasteiger partial charge on any atom is 0.0692 e. The van der Waals surface area contributed by atoms with Crippen molar-refractivity contribution in [2.24, 2.45) is 0 Å². The number of benzene rings is 2. The molecule has 3 N–H and O–H groups in total. The molecule has 2 aromatic carbocycles. The first-order valence-corrected chi connectivity index (χ1v) is 9.27. The normalized spacial score (nSPS) is 11.2. The average Bonchev–Trinajstić information content (AvgIpc) is 3.03. The molecule has 3 heteroatoms. The van der Waals surface area contributed by atoms with Gasteiger partial charge in [-0.25, -0.2) is 0 Å². The predicted molar refractivity (Wildman–Crippen MR) is 110 cm³/mol. The minimum atomic E-state index is 0.846. The number of aromatic amines is 1. The van der Waals surface area contributed by atoms with Crippen molar-refractivity contribution in [3.8, 4) is 11.3 Å². The molecular weight excluding hydrogens is 306 g/mol. The summed E-state index contributed by atoms with van der Waals surface area (Å²) in [5.41, 5.74) is 13.0. The molecule has 3 aromatic rings. The summed E-state index contributed by atoms with van der Waals surface area (Å²) in [5.74, 6) is 0. The van der Waals surface area contributed by atoms with E-state index in [-0.39, 0.29) is 0 Å². The number of H-pyrrole nitrogens is 1. The number of nitrogens with two attached hydrogens (primary N) is 1. The van der Waals surface area contributed by atoms with Crippen molar-refractivity contribution in [1.82, 2.24) is 4.98 Å². The van der Waals surface area contributed by atoms with Gasteiger partial charge < -0.3 is 15.6 Å². The monoisotopic (exact) mass is 335 g/mol. The number of nitrogens with one attached hydrogen (secondary N) is 1. The number of aryl methyl sites for hydroxylation is 1. The smallest absolute Gasteiger partial charge is 0.0692 e. The Bertz CT molecular complexity index is 828. The summed E-state index contributed by atoms with van der Waals surface area (Å²) in [6.45, 7) is 2.25. The van der Waals surface area contributed by atoms with Crippen molar-refractivity contribution in [2.75, 3.05) is 24.7 Å². The molecule has 0 fully saturated rings. The fourth-order valence-electron chi connectivity index (χ4n) is 3.33. The van der Waals surface area contributed by atoms with Gasteiger partial charge in [-0.3, -0.25) is 0 Å². The number of nitrogens with zero attached hydrogens (tertiary/aromatic N) is 1. The fourth-order valence-corrected chi connectivity index (χ4v) is 3.33. The van der Waals surface area contributed by atoms with E-state index < -0.39 is 0 Å². The summed E-state index contributed by atoms with van der Waals surface area (Å²) in [6, 6.07) is 15.2. The van der Waals surface area contributed by atoms with Gasteiger partial charge in [-0.15, -0.1) is 0 Å². The number of anilines is 2. The van der Waals surface area contributed by atoms with E-state index in [1.54, 1.807) is 0 Å². The van der Waals surface area contributed by atoms with Gasteiger partial charge in [0.2, 0.25) is 0 Å². The lowest BCUT2D eigenvalue weighted by molar-refractivity contribution is 0.667. The molecule has 1 heterocycles. The van der Waals surface area contributed by atoms with Crippen LogP contribution in [0.1, 0.15) is 38.2 Å². The van der Waals surface area contributed by atoms with E-state index in [0.29, 0.717) is 0 Å². The highest BCUT2D eigenvalue weighted by molar-refractivity contribution is 5.94. The van der Waals surface area contributed by atoms with Crippen LogP contribution in [-0.4, -0.2) is 19.1 Å². The Morgan fingerprint density at radius 1 is 0.960 bits per heavy atom. The van der Waals surface area contributed by atoms with Crippen molar-refractivity contribution in [3.63, 3.8) is 0 Å². The lowest BCUT2D eigenvalue weighted by Crippen LogP contribution is -2.07. The molecular formula is C22H29N3. The second-order valence-corrected chi connectivity index (χ2v) is 7.08. The number of hydrogen-bond donors (Lipinski definition) is 2. The molecule has 0 spiro atoms. The molecule has 0 aliphatic carbocycles. The van der Waals surface area contributed by atoms with Crippen molar-refractivity contribution < 1.29 is 0 Å². The molecule has 0 amide bonds. The van der Waals surface area contributed by atoms with Gasteiger partial charge in [0, 0.05) is 30.9 Å². The second kappa shape index (κ2) is 7.64. The molecule has 0 aliphatic heterocycles. The fraction of sp³-hybridized carbons (Fsp3) is 0.364. The van der Waals surface area contributed by atoms with E-state index in [0.717, 1.165) is 23.3 Å². The van der Waals surface area contributed by atoms with E-state index in [2.05, 4.69) is 73.4 Å². The Balaban J connectivity index is 1.85. The highest BCUT2D eigenvalue weighted by Gasteiger charge is 2.08. The summed E-state index contributed by atoms with van der Waals surface area (Å²) >= 11 is 0. The molecule has 0 aliphatic rings. The van der Waals surface area contributed by atoms with E-state index in [9.17, 15) is 0 Å². The van der Waals surface area contributed by atoms with Gasteiger partial charge in [0.15, 0.2) is 0 Å². The third-order valence-corrected chi connectivity index (χ3v) is 4.83. The summed E-state index contributed by atoms with van der Waals surface area (Å²) in [5, 5.41) is 1.21. The van der Waals surface area contributed by atoms with E-state index in [1.165, 1.54) is 47.9 Å². The Labute approximate surface area is 150 Å². The highest BCUT2D eigenvalue weighted by atomic mass is 15.1. The minimum absolute atomic E-state index is 0.846. The Morgan fingerprint density at radius 3 is 2.40 bits per heavy atom. The number of fused-ring (bicyclic) bond motifs is 1. The standard InChI is InChI=1S/C22H29N3/c1-4-5-6-7-8-16-13-18-15-21(24-22(18)20(23)14-16)17-9-11-19(12-10-17)25(2)3/h9-15,24H,4-8,23H2,1-3H3. The van der Waals surface area contributed by atoms with E-state index in [1.807, 2.05) is 0 Å². The minimum Gasteiger partial charge on any atom is -0.397 e. The molecule has 3 nitrogen and oxygen atoms in total. The highest BCUT2D eigenvalue weighted by Crippen LogP contribution is 2.30. The van der Waals surface area contributed by atoms with Crippen LogP contribution in [0.3, 0.4) is 0 Å². The maximum atomic E-state index is 6.30. The van der Waals surface area contributed by atoms with Crippen LogP contribution in [-0.2, 0) is 6.42 Å². The van der Waals surface area contributed by atoms with E-state index in [4.69, 9.17) is 5.73 Å². The van der Waals surface area contributed by atoms with Crippen molar-refractivity contribution in [2.45, 2.75) is 39.0 Å². The topological polar surface area (TPSA) is 45.1 Å². The van der Waals surface area contributed by atoms with Crippen LogP contribution in [0, 0.1) is 0 Å². The zero-order valence-corrected chi connectivity index (χ0v) is 15.6. The zero-order valence-electron chi connectivity index (χ0n) is 15.6. The van der Waals surface area contributed by atoms with Crippen LogP contribution < -0.4 is 10.6 Å². The number of nitrogen functional groups attached to an aromatic ring is 1.